The smallest absolute Gasteiger partial charge is 0.260 e. The van der Waals surface area contributed by atoms with Gasteiger partial charge in [-0.3, -0.25) is 9.69 Å². The van der Waals surface area contributed by atoms with Crippen LogP contribution in [0.2, 0.25) is 5.02 Å². The van der Waals surface area contributed by atoms with Gasteiger partial charge in [-0.05, 0) is 68.1 Å². The maximum atomic E-state index is 12.6. The van der Waals surface area contributed by atoms with Gasteiger partial charge in [-0.2, -0.15) is 0 Å². The third kappa shape index (κ3) is 5.51. The molecule has 1 saturated heterocycles. The zero-order valence-corrected chi connectivity index (χ0v) is 20.9. The third-order valence-corrected chi connectivity index (χ3v) is 7.36. The van der Waals surface area contributed by atoms with Gasteiger partial charge in [0.25, 0.3) is 5.91 Å². The first kappa shape index (κ1) is 22.1. The molecular weight excluding hydrogens is 575 g/mol. The van der Waals surface area contributed by atoms with E-state index in [1.54, 1.807) is 0 Å². The van der Waals surface area contributed by atoms with Crippen molar-refractivity contribution < 1.29 is 9.53 Å². The number of hydrogen-bond acceptors (Lipinski definition) is 3. The molecule has 1 fully saturated rings. The van der Waals surface area contributed by atoms with E-state index in [-0.39, 0.29) is 12.5 Å². The number of amides is 1. The number of benzene rings is 2. The Morgan fingerprint density at radius 2 is 1.71 bits per heavy atom. The van der Waals surface area contributed by atoms with Gasteiger partial charge in [-0.15, -0.1) is 0 Å². The van der Waals surface area contributed by atoms with Gasteiger partial charge in [0.15, 0.2) is 6.61 Å². The van der Waals surface area contributed by atoms with E-state index in [1.807, 2.05) is 42.2 Å². The first-order valence-corrected chi connectivity index (χ1v) is 11.6. The van der Waals surface area contributed by atoms with Crippen molar-refractivity contribution in [3.8, 4) is 5.75 Å². The highest BCUT2D eigenvalue weighted by Gasteiger charge is 2.22. The molecular formula is C20H20Br3ClN2O2. The van der Waals surface area contributed by atoms with Gasteiger partial charge < -0.3 is 9.64 Å². The second kappa shape index (κ2) is 9.94. The molecule has 1 amide bonds. The molecule has 150 valence electrons. The van der Waals surface area contributed by atoms with Crippen LogP contribution in [0.4, 0.5) is 0 Å². The lowest BCUT2D eigenvalue weighted by molar-refractivity contribution is -0.135. The predicted octanol–water partition coefficient (Wildman–Crippen LogP) is 5.66. The van der Waals surface area contributed by atoms with E-state index < -0.39 is 0 Å². The molecule has 0 N–H and O–H groups in total. The molecule has 1 heterocycles. The Kier molecular flexibility index (Phi) is 7.84. The highest BCUT2D eigenvalue weighted by molar-refractivity contribution is 9.11. The third-order valence-electron chi connectivity index (χ3n) is 4.74. The van der Waals surface area contributed by atoms with E-state index in [4.69, 9.17) is 16.3 Å². The molecule has 0 spiro atoms. The summed E-state index contributed by atoms with van der Waals surface area (Å²) in [5, 5.41) is 0.749. The summed E-state index contributed by atoms with van der Waals surface area (Å²) in [6, 6.07) is 9.84. The van der Waals surface area contributed by atoms with Crippen LogP contribution in [0.5, 0.6) is 5.75 Å². The van der Waals surface area contributed by atoms with Crippen LogP contribution < -0.4 is 4.74 Å². The summed E-state index contributed by atoms with van der Waals surface area (Å²) in [5.41, 5.74) is 2.26. The minimum absolute atomic E-state index is 0.00511. The Bertz CT molecular complexity index is 854. The number of piperazine rings is 1. The Morgan fingerprint density at radius 1 is 1.07 bits per heavy atom. The number of halogens is 4. The predicted molar refractivity (Wildman–Crippen MR) is 123 cm³/mol. The normalized spacial score (nSPS) is 15.0. The van der Waals surface area contributed by atoms with E-state index in [9.17, 15) is 4.79 Å². The summed E-state index contributed by atoms with van der Waals surface area (Å²) in [6.45, 7) is 5.98. The fraction of sp³-hybridized carbons (Fsp3) is 0.350. The van der Waals surface area contributed by atoms with Crippen LogP contribution in [0.25, 0.3) is 0 Å². The highest BCUT2D eigenvalue weighted by Crippen LogP contribution is 2.39. The molecule has 0 aliphatic carbocycles. The van der Waals surface area contributed by atoms with Crippen LogP contribution in [0, 0.1) is 6.92 Å². The highest BCUT2D eigenvalue weighted by atomic mass is 79.9. The summed E-state index contributed by atoms with van der Waals surface area (Å²) in [6.07, 6.45) is 0. The minimum Gasteiger partial charge on any atom is -0.481 e. The molecule has 28 heavy (non-hydrogen) atoms. The summed E-state index contributed by atoms with van der Waals surface area (Å²) in [4.78, 5) is 16.8. The molecule has 3 rings (SSSR count). The van der Waals surface area contributed by atoms with Crippen molar-refractivity contribution in [2.45, 2.75) is 13.5 Å². The maximum absolute atomic E-state index is 12.6. The number of nitrogens with zero attached hydrogens (tertiary/aromatic N) is 2. The van der Waals surface area contributed by atoms with Crippen molar-refractivity contribution >= 4 is 65.3 Å². The quantitative estimate of drug-likeness (QED) is 0.448. The van der Waals surface area contributed by atoms with Crippen molar-refractivity contribution in [3.63, 3.8) is 0 Å². The zero-order valence-electron chi connectivity index (χ0n) is 15.4. The number of hydrogen-bond donors (Lipinski definition) is 0. The molecule has 4 nitrogen and oxygen atoms in total. The minimum atomic E-state index is 0.00511. The van der Waals surface area contributed by atoms with Gasteiger partial charge >= 0.3 is 0 Å². The van der Waals surface area contributed by atoms with E-state index >= 15 is 0 Å². The Balaban J connectivity index is 1.50. The van der Waals surface area contributed by atoms with Crippen LogP contribution in [0.15, 0.2) is 43.7 Å². The lowest BCUT2D eigenvalue weighted by Crippen LogP contribution is -2.49. The number of ether oxygens (including phenoxy) is 1. The van der Waals surface area contributed by atoms with Crippen LogP contribution in [-0.4, -0.2) is 48.5 Å². The average molecular weight is 596 g/mol. The number of carbonyl (C=O) groups is 1. The maximum Gasteiger partial charge on any atom is 0.260 e. The largest absolute Gasteiger partial charge is 0.481 e. The molecule has 8 heteroatoms. The fourth-order valence-electron chi connectivity index (χ4n) is 3.03. The molecule has 0 aromatic heterocycles. The summed E-state index contributed by atoms with van der Waals surface area (Å²) >= 11 is 16.5. The first-order valence-electron chi connectivity index (χ1n) is 8.86. The van der Waals surface area contributed by atoms with Crippen LogP contribution in [-0.2, 0) is 11.3 Å². The van der Waals surface area contributed by atoms with Crippen LogP contribution in [0.3, 0.4) is 0 Å². The SMILES string of the molecule is Cc1c(Br)cc(Br)c(OCC(=O)N2CCN(Cc3ccc(Cl)cc3)CC2)c1Br. The Labute approximate surface area is 195 Å². The van der Waals surface area contributed by atoms with Crippen LogP contribution >= 0.6 is 59.4 Å². The summed E-state index contributed by atoms with van der Waals surface area (Å²) < 4.78 is 8.44. The molecule has 0 radical (unpaired) electrons. The molecule has 0 bridgehead atoms. The standard InChI is InChI=1S/C20H20Br3ClN2O2/c1-13-16(21)10-17(22)20(19(13)23)28-12-18(27)26-8-6-25(7-9-26)11-14-2-4-15(24)5-3-14/h2-5,10H,6-9,11-12H2,1H3. The second-order valence-corrected chi connectivity index (χ2v) is 9.62. The zero-order chi connectivity index (χ0) is 20.3. The van der Waals surface area contributed by atoms with Crippen molar-refractivity contribution in [3.05, 3.63) is 59.9 Å². The topological polar surface area (TPSA) is 32.8 Å². The van der Waals surface area contributed by atoms with Gasteiger partial charge in [0, 0.05) is 42.2 Å². The molecule has 0 atom stereocenters. The van der Waals surface area contributed by atoms with Crippen molar-refractivity contribution in [1.82, 2.24) is 9.80 Å². The Hall–Kier alpha value is -0.600. The molecule has 2 aromatic carbocycles. The van der Waals surface area contributed by atoms with Crippen LogP contribution in [0.1, 0.15) is 11.1 Å². The summed E-state index contributed by atoms with van der Waals surface area (Å²) in [7, 11) is 0. The number of carbonyl (C=O) groups excluding carboxylic acids is 1. The molecule has 0 unspecified atom stereocenters. The molecule has 1 aliphatic rings. The van der Waals surface area contributed by atoms with Gasteiger partial charge in [-0.1, -0.05) is 39.7 Å². The number of rotatable bonds is 5. The average Bonchev–Trinajstić information content (AvgIpc) is 2.68. The van der Waals surface area contributed by atoms with Crippen molar-refractivity contribution in [2.24, 2.45) is 0 Å². The van der Waals surface area contributed by atoms with Gasteiger partial charge in [0.1, 0.15) is 5.75 Å². The second-order valence-electron chi connectivity index (χ2n) is 6.68. The van der Waals surface area contributed by atoms with Crippen molar-refractivity contribution in [1.29, 1.82) is 0 Å². The molecule has 1 aliphatic heterocycles. The lowest BCUT2D eigenvalue weighted by Gasteiger charge is -2.34. The van der Waals surface area contributed by atoms with E-state index in [0.717, 1.165) is 43.6 Å². The van der Waals surface area contributed by atoms with Gasteiger partial charge in [0.05, 0.1) is 8.95 Å². The van der Waals surface area contributed by atoms with Gasteiger partial charge in [0.2, 0.25) is 0 Å². The lowest BCUT2D eigenvalue weighted by atomic mass is 10.2. The molecule has 0 saturated carbocycles. The monoisotopic (exact) mass is 592 g/mol. The summed E-state index contributed by atoms with van der Waals surface area (Å²) in [5.74, 6) is 0.654. The van der Waals surface area contributed by atoms with E-state index in [0.29, 0.717) is 18.8 Å². The van der Waals surface area contributed by atoms with Crippen molar-refractivity contribution in [2.75, 3.05) is 32.8 Å². The Morgan fingerprint density at radius 3 is 2.36 bits per heavy atom. The molecule has 2 aromatic rings. The van der Waals surface area contributed by atoms with Gasteiger partial charge in [-0.25, -0.2) is 0 Å². The fourth-order valence-corrected chi connectivity index (χ4v) is 5.50. The first-order chi connectivity index (χ1) is 13.3. The van der Waals surface area contributed by atoms with E-state index in [1.165, 1.54) is 5.56 Å². The van der Waals surface area contributed by atoms with E-state index in [2.05, 4.69) is 52.7 Å².